The number of benzene rings is 1. The average Bonchev–Trinajstić information content (AvgIpc) is 2.88. The van der Waals surface area contributed by atoms with Gasteiger partial charge in [0.2, 0.25) is 0 Å². The van der Waals surface area contributed by atoms with Gasteiger partial charge in [-0.05, 0) is 30.0 Å². The Hall–Kier alpha value is -2.07. The van der Waals surface area contributed by atoms with E-state index >= 15 is 0 Å². The fraction of sp³-hybridized carbons (Fsp3) is 0.0667. The predicted molar refractivity (Wildman–Crippen MR) is 80.1 cm³/mol. The van der Waals surface area contributed by atoms with Crippen LogP contribution in [-0.4, -0.2) is 20.9 Å². The van der Waals surface area contributed by atoms with Crippen LogP contribution in [0.2, 0.25) is 0 Å². The largest absolute Gasteiger partial charge is 0.228 e. The van der Waals surface area contributed by atoms with Gasteiger partial charge in [0.25, 0.3) is 0 Å². The van der Waals surface area contributed by atoms with Crippen molar-refractivity contribution in [3.63, 3.8) is 0 Å². The molecule has 0 aliphatic carbocycles. The Morgan fingerprint density at radius 2 is 1.89 bits per heavy atom. The van der Waals surface area contributed by atoms with Crippen molar-refractivity contribution >= 4 is 29.6 Å². The number of rotatable bonds is 3. The molecule has 0 atom stereocenters. The lowest BCUT2D eigenvalue weighted by Crippen LogP contribution is -1.90. The normalized spacial score (nSPS) is 11.4. The molecule has 1 aromatic carbocycles. The maximum Gasteiger partial charge on any atom is 0.154 e. The van der Waals surface area contributed by atoms with Crippen LogP contribution in [0.5, 0.6) is 0 Å². The molecular weight excluding hydrogens is 254 g/mol. The van der Waals surface area contributed by atoms with Crippen molar-refractivity contribution in [1.29, 1.82) is 0 Å². The second-order valence-electron chi connectivity index (χ2n) is 4.09. The Morgan fingerprint density at radius 1 is 1.05 bits per heavy atom. The zero-order valence-electron chi connectivity index (χ0n) is 10.5. The first kappa shape index (κ1) is 12.0. The van der Waals surface area contributed by atoms with Gasteiger partial charge in [0.1, 0.15) is 5.03 Å². The summed E-state index contributed by atoms with van der Waals surface area (Å²) in [4.78, 5) is 4.51. The molecule has 94 valence electrons. The number of fused-ring (bicyclic) bond motifs is 1. The van der Waals surface area contributed by atoms with Gasteiger partial charge in [-0.15, -0.1) is 11.8 Å². The van der Waals surface area contributed by atoms with Crippen molar-refractivity contribution in [2.45, 2.75) is 5.03 Å². The lowest BCUT2D eigenvalue weighted by molar-refractivity contribution is 0.860. The zero-order valence-corrected chi connectivity index (χ0v) is 11.3. The Balaban J connectivity index is 1.91. The van der Waals surface area contributed by atoms with Crippen molar-refractivity contribution in [3.05, 3.63) is 59.9 Å². The SMILES string of the molecule is CSc1ccc2nc(/C=C/c3ccccc3)cn2n1. The van der Waals surface area contributed by atoms with E-state index in [9.17, 15) is 0 Å². The number of aromatic nitrogens is 3. The van der Waals surface area contributed by atoms with Crippen molar-refractivity contribution in [3.8, 4) is 0 Å². The zero-order chi connectivity index (χ0) is 13.1. The van der Waals surface area contributed by atoms with Gasteiger partial charge in [0.15, 0.2) is 5.65 Å². The molecule has 0 fully saturated rings. The van der Waals surface area contributed by atoms with Gasteiger partial charge in [-0.3, -0.25) is 0 Å². The topological polar surface area (TPSA) is 30.2 Å². The third-order valence-electron chi connectivity index (χ3n) is 2.77. The third-order valence-corrected chi connectivity index (χ3v) is 3.41. The van der Waals surface area contributed by atoms with Crippen molar-refractivity contribution in [2.75, 3.05) is 6.26 Å². The first-order chi connectivity index (χ1) is 9.35. The number of nitrogens with zero attached hydrogens (tertiary/aromatic N) is 3. The average molecular weight is 267 g/mol. The number of imidazole rings is 1. The van der Waals surface area contributed by atoms with Crippen molar-refractivity contribution in [1.82, 2.24) is 14.6 Å². The molecule has 3 aromatic rings. The van der Waals surface area contributed by atoms with Crippen LogP contribution in [0.4, 0.5) is 0 Å². The standard InChI is InChI=1S/C15H13N3S/c1-19-15-10-9-14-16-13(11-18(14)17-15)8-7-12-5-3-2-4-6-12/h2-11H,1H3/b8-7+. The van der Waals surface area contributed by atoms with Crippen LogP contribution in [0.25, 0.3) is 17.8 Å². The summed E-state index contributed by atoms with van der Waals surface area (Å²) in [6.07, 6.45) is 8.01. The minimum atomic E-state index is 0.866. The van der Waals surface area contributed by atoms with E-state index in [4.69, 9.17) is 0 Å². The van der Waals surface area contributed by atoms with Gasteiger partial charge >= 0.3 is 0 Å². The second kappa shape index (κ2) is 5.28. The van der Waals surface area contributed by atoms with Crippen LogP contribution < -0.4 is 0 Å². The molecule has 0 amide bonds. The highest BCUT2D eigenvalue weighted by atomic mass is 32.2. The van der Waals surface area contributed by atoms with Crippen LogP contribution >= 0.6 is 11.8 Å². The summed E-state index contributed by atoms with van der Waals surface area (Å²) in [5.41, 5.74) is 2.94. The van der Waals surface area contributed by atoms with Gasteiger partial charge < -0.3 is 0 Å². The van der Waals surface area contributed by atoms with E-state index in [1.807, 2.05) is 53.4 Å². The lowest BCUT2D eigenvalue weighted by atomic mass is 10.2. The van der Waals surface area contributed by atoms with E-state index in [1.54, 1.807) is 11.8 Å². The molecule has 2 aromatic heterocycles. The molecule has 0 bridgehead atoms. The molecular formula is C15H13N3S. The molecule has 0 saturated carbocycles. The molecule has 0 unspecified atom stereocenters. The highest BCUT2D eigenvalue weighted by Gasteiger charge is 2.00. The number of thioether (sulfide) groups is 1. The number of hydrogen-bond acceptors (Lipinski definition) is 3. The molecule has 3 nitrogen and oxygen atoms in total. The summed E-state index contributed by atoms with van der Waals surface area (Å²) >= 11 is 1.63. The van der Waals surface area contributed by atoms with E-state index in [2.05, 4.69) is 28.3 Å². The Morgan fingerprint density at radius 3 is 2.68 bits per heavy atom. The van der Waals surface area contributed by atoms with Gasteiger partial charge in [-0.1, -0.05) is 36.4 Å². The van der Waals surface area contributed by atoms with Crippen LogP contribution in [0.1, 0.15) is 11.3 Å². The molecule has 2 heterocycles. The summed E-state index contributed by atoms with van der Waals surface area (Å²) in [6.45, 7) is 0. The molecule has 0 aliphatic rings. The molecule has 3 rings (SSSR count). The minimum absolute atomic E-state index is 0.866. The summed E-state index contributed by atoms with van der Waals surface area (Å²) in [6, 6.07) is 14.2. The van der Waals surface area contributed by atoms with Crippen molar-refractivity contribution in [2.24, 2.45) is 0 Å². The van der Waals surface area contributed by atoms with E-state index in [0.717, 1.165) is 21.9 Å². The fourth-order valence-electron chi connectivity index (χ4n) is 1.82. The predicted octanol–water partition coefficient (Wildman–Crippen LogP) is 3.62. The van der Waals surface area contributed by atoms with E-state index in [0.29, 0.717) is 0 Å². The molecule has 0 saturated heterocycles. The minimum Gasteiger partial charge on any atom is -0.228 e. The highest BCUT2D eigenvalue weighted by Crippen LogP contribution is 2.13. The monoisotopic (exact) mass is 267 g/mol. The van der Waals surface area contributed by atoms with Crippen LogP contribution in [-0.2, 0) is 0 Å². The lowest BCUT2D eigenvalue weighted by Gasteiger charge is -1.94. The fourth-order valence-corrected chi connectivity index (χ4v) is 2.19. The van der Waals surface area contributed by atoms with Gasteiger partial charge in [-0.2, -0.15) is 5.10 Å². The first-order valence-electron chi connectivity index (χ1n) is 5.99. The molecule has 19 heavy (non-hydrogen) atoms. The molecule has 0 aliphatic heterocycles. The summed E-state index contributed by atoms with van der Waals surface area (Å²) < 4.78 is 1.82. The van der Waals surface area contributed by atoms with Crippen LogP contribution in [0, 0.1) is 0 Å². The van der Waals surface area contributed by atoms with Crippen LogP contribution in [0.3, 0.4) is 0 Å². The Bertz CT molecular complexity index is 717. The molecule has 0 spiro atoms. The molecule has 0 N–H and O–H groups in total. The molecule has 4 heteroatoms. The summed E-state index contributed by atoms with van der Waals surface area (Å²) in [7, 11) is 0. The number of hydrogen-bond donors (Lipinski definition) is 0. The van der Waals surface area contributed by atoms with E-state index < -0.39 is 0 Å². The smallest absolute Gasteiger partial charge is 0.154 e. The van der Waals surface area contributed by atoms with E-state index in [-0.39, 0.29) is 0 Å². The maximum atomic E-state index is 4.51. The Labute approximate surface area is 116 Å². The van der Waals surface area contributed by atoms with Gasteiger partial charge in [0.05, 0.1) is 11.9 Å². The first-order valence-corrected chi connectivity index (χ1v) is 7.21. The van der Waals surface area contributed by atoms with Gasteiger partial charge in [0, 0.05) is 0 Å². The van der Waals surface area contributed by atoms with Crippen LogP contribution in [0.15, 0.2) is 53.7 Å². The van der Waals surface area contributed by atoms with Gasteiger partial charge in [-0.25, -0.2) is 9.50 Å². The highest BCUT2D eigenvalue weighted by molar-refractivity contribution is 7.98. The maximum absolute atomic E-state index is 4.51. The van der Waals surface area contributed by atoms with Crippen molar-refractivity contribution < 1.29 is 0 Å². The quantitative estimate of drug-likeness (QED) is 0.679. The summed E-state index contributed by atoms with van der Waals surface area (Å²) in [5, 5.41) is 5.44. The summed E-state index contributed by atoms with van der Waals surface area (Å²) in [5.74, 6) is 0. The molecule has 0 radical (unpaired) electrons. The van der Waals surface area contributed by atoms with E-state index in [1.165, 1.54) is 0 Å². The third kappa shape index (κ3) is 2.69. The Kier molecular flexibility index (Phi) is 3.33. The second-order valence-corrected chi connectivity index (χ2v) is 4.91.